The van der Waals surface area contributed by atoms with Crippen molar-refractivity contribution in [2.24, 2.45) is 5.73 Å². The van der Waals surface area contributed by atoms with Crippen molar-refractivity contribution in [3.05, 3.63) is 39.6 Å². The van der Waals surface area contributed by atoms with Crippen LogP contribution in [-0.4, -0.2) is 45.4 Å². The second-order valence-electron chi connectivity index (χ2n) is 6.69. The van der Waals surface area contributed by atoms with Crippen molar-refractivity contribution in [3.8, 4) is 11.3 Å². The van der Waals surface area contributed by atoms with E-state index in [2.05, 4.69) is 14.9 Å². The maximum Gasteiger partial charge on any atom is 0.153 e. The van der Waals surface area contributed by atoms with Gasteiger partial charge in [-0.1, -0.05) is 35.3 Å². The van der Waals surface area contributed by atoms with Crippen LogP contribution in [0.4, 0.5) is 5.82 Å². The normalized spacial score (nSPS) is 16.8. The summed E-state index contributed by atoms with van der Waals surface area (Å²) >= 11 is 12.4. The van der Waals surface area contributed by atoms with Gasteiger partial charge in [0.1, 0.15) is 5.69 Å². The van der Waals surface area contributed by atoms with E-state index in [1.165, 1.54) is 0 Å². The first-order chi connectivity index (χ1) is 12.4. The lowest BCUT2D eigenvalue weighted by Crippen LogP contribution is -2.53. The molecule has 0 bridgehead atoms. The topological polar surface area (TPSA) is 95.5 Å². The molecule has 1 fully saturated rings. The van der Waals surface area contributed by atoms with E-state index in [-0.39, 0.29) is 13.2 Å². The van der Waals surface area contributed by atoms with Gasteiger partial charge in [0.25, 0.3) is 0 Å². The fourth-order valence-corrected chi connectivity index (χ4v) is 3.56. The number of aliphatic hydroxyl groups is 2. The van der Waals surface area contributed by atoms with E-state index in [0.717, 1.165) is 0 Å². The summed E-state index contributed by atoms with van der Waals surface area (Å²) in [5, 5.41) is 20.1. The van der Waals surface area contributed by atoms with E-state index in [1.807, 2.05) is 13.0 Å². The lowest BCUT2D eigenvalue weighted by atomic mass is 9.89. The van der Waals surface area contributed by atoms with Gasteiger partial charge in [0.15, 0.2) is 5.82 Å². The van der Waals surface area contributed by atoms with Crippen molar-refractivity contribution in [1.82, 2.24) is 9.97 Å². The summed E-state index contributed by atoms with van der Waals surface area (Å²) < 4.78 is 0. The smallest absolute Gasteiger partial charge is 0.153 e. The largest absolute Gasteiger partial charge is 0.394 e. The Morgan fingerprint density at radius 2 is 1.88 bits per heavy atom. The third-order valence-corrected chi connectivity index (χ3v) is 5.67. The number of aromatic nitrogens is 2. The minimum atomic E-state index is -0.549. The SMILES string of the molecule is Cc1nc(N2CCC(N)(CO)CC2)c(CO)nc1-c1cccc(Cl)c1Cl. The summed E-state index contributed by atoms with van der Waals surface area (Å²) in [6, 6.07) is 5.35. The number of hydrogen-bond donors (Lipinski definition) is 3. The zero-order chi connectivity index (χ0) is 18.9. The molecule has 1 aromatic heterocycles. The Morgan fingerprint density at radius 3 is 2.50 bits per heavy atom. The Bertz CT molecular complexity index is 808. The van der Waals surface area contributed by atoms with E-state index in [0.29, 0.717) is 64.4 Å². The van der Waals surface area contributed by atoms with E-state index >= 15 is 0 Å². The molecule has 3 rings (SSSR count). The molecule has 26 heavy (non-hydrogen) atoms. The quantitative estimate of drug-likeness (QED) is 0.734. The zero-order valence-electron chi connectivity index (χ0n) is 14.5. The Kier molecular flexibility index (Phi) is 5.69. The molecule has 1 aliphatic heterocycles. The number of hydrogen-bond acceptors (Lipinski definition) is 6. The first-order valence-electron chi connectivity index (χ1n) is 8.46. The van der Waals surface area contributed by atoms with Gasteiger partial charge >= 0.3 is 0 Å². The van der Waals surface area contributed by atoms with Crippen LogP contribution < -0.4 is 10.6 Å². The van der Waals surface area contributed by atoms with Crippen molar-refractivity contribution < 1.29 is 10.2 Å². The van der Waals surface area contributed by atoms with Crippen LogP contribution in [0.15, 0.2) is 18.2 Å². The summed E-state index contributed by atoms with van der Waals surface area (Å²) in [6.07, 6.45) is 1.30. The molecular formula is C18H22Cl2N4O2. The summed E-state index contributed by atoms with van der Waals surface area (Å²) in [6.45, 7) is 2.88. The van der Waals surface area contributed by atoms with Crippen molar-refractivity contribution in [3.63, 3.8) is 0 Å². The molecule has 140 valence electrons. The second kappa shape index (κ2) is 7.66. The molecule has 1 saturated heterocycles. The standard InChI is InChI=1S/C18H22Cl2N4O2/c1-11-16(12-3-2-4-13(19)15(12)20)23-14(9-25)17(22-11)24-7-5-18(21,10-26)6-8-24/h2-4,25-26H,5-10,21H2,1H3. The van der Waals surface area contributed by atoms with Crippen LogP contribution in [0.25, 0.3) is 11.3 Å². The molecule has 0 atom stereocenters. The lowest BCUT2D eigenvalue weighted by molar-refractivity contribution is 0.169. The number of halogens is 2. The average Bonchev–Trinajstić information content (AvgIpc) is 2.65. The number of anilines is 1. The Balaban J connectivity index is 1.97. The predicted octanol–water partition coefficient (Wildman–Crippen LogP) is 2.54. The van der Waals surface area contributed by atoms with Gasteiger partial charge < -0.3 is 20.8 Å². The van der Waals surface area contributed by atoms with Gasteiger partial charge in [-0.2, -0.15) is 0 Å². The molecule has 1 aliphatic rings. The molecule has 0 spiro atoms. The van der Waals surface area contributed by atoms with Crippen LogP contribution in [0.1, 0.15) is 24.2 Å². The van der Waals surface area contributed by atoms with Gasteiger partial charge in [-0.3, -0.25) is 0 Å². The van der Waals surface area contributed by atoms with E-state index in [1.54, 1.807) is 12.1 Å². The van der Waals surface area contributed by atoms with Crippen LogP contribution in [0, 0.1) is 6.92 Å². The highest BCUT2D eigenvalue weighted by molar-refractivity contribution is 6.43. The first-order valence-corrected chi connectivity index (χ1v) is 9.21. The molecule has 2 aromatic rings. The van der Waals surface area contributed by atoms with Crippen LogP contribution >= 0.6 is 23.2 Å². The number of nitrogens with zero attached hydrogens (tertiary/aromatic N) is 3. The van der Waals surface area contributed by atoms with Gasteiger partial charge in [-0.15, -0.1) is 0 Å². The van der Waals surface area contributed by atoms with Crippen LogP contribution in [0.5, 0.6) is 0 Å². The van der Waals surface area contributed by atoms with Crippen LogP contribution in [-0.2, 0) is 6.61 Å². The van der Waals surface area contributed by atoms with E-state index < -0.39 is 5.54 Å². The van der Waals surface area contributed by atoms with Crippen molar-refractivity contribution in [2.75, 3.05) is 24.6 Å². The molecule has 0 radical (unpaired) electrons. The molecule has 0 aliphatic carbocycles. The third kappa shape index (κ3) is 3.66. The van der Waals surface area contributed by atoms with Crippen molar-refractivity contribution in [1.29, 1.82) is 0 Å². The highest BCUT2D eigenvalue weighted by Crippen LogP contribution is 2.35. The number of rotatable bonds is 4. The number of aliphatic hydroxyl groups excluding tert-OH is 2. The van der Waals surface area contributed by atoms with E-state index in [9.17, 15) is 10.2 Å². The highest BCUT2D eigenvalue weighted by atomic mass is 35.5. The molecule has 0 unspecified atom stereocenters. The molecule has 8 heteroatoms. The fraction of sp³-hybridized carbons (Fsp3) is 0.444. The minimum Gasteiger partial charge on any atom is -0.394 e. The van der Waals surface area contributed by atoms with Crippen molar-refractivity contribution >= 4 is 29.0 Å². The van der Waals surface area contributed by atoms with Crippen LogP contribution in [0.3, 0.4) is 0 Å². The van der Waals surface area contributed by atoms with Gasteiger partial charge in [0.05, 0.1) is 34.6 Å². The number of aryl methyl sites for hydroxylation is 1. The summed E-state index contributed by atoms with van der Waals surface area (Å²) in [4.78, 5) is 11.4. The Morgan fingerprint density at radius 1 is 1.19 bits per heavy atom. The number of benzene rings is 1. The summed E-state index contributed by atoms with van der Waals surface area (Å²) in [5.74, 6) is 0.645. The van der Waals surface area contributed by atoms with Gasteiger partial charge in [0, 0.05) is 24.2 Å². The van der Waals surface area contributed by atoms with Gasteiger partial charge in [-0.05, 0) is 25.8 Å². The predicted molar refractivity (Wildman–Crippen MR) is 104 cm³/mol. The maximum absolute atomic E-state index is 9.83. The fourth-order valence-electron chi connectivity index (χ4n) is 3.17. The van der Waals surface area contributed by atoms with Crippen molar-refractivity contribution in [2.45, 2.75) is 31.9 Å². The molecule has 4 N–H and O–H groups in total. The molecule has 0 saturated carbocycles. The number of nitrogens with two attached hydrogens (primary N) is 1. The molecule has 2 heterocycles. The van der Waals surface area contributed by atoms with Crippen LogP contribution in [0.2, 0.25) is 10.0 Å². The lowest BCUT2D eigenvalue weighted by Gasteiger charge is -2.39. The first kappa shape index (κ1) is 19.3. The molecule has 0 amide bonds. The van der Waals surface area contributed by atoms with Gasteiger partial charge in [0.2, 0.25) is 0 Å². The molecule has 6 nitrogen and oxygen atoms in total. The second-order valence-corrected chi connectivity index (χ2v) is 7.48. The summed E-state index contributed by atoms with van der Waals surface area (Å²) in [7, 11) is 0. The minimum absolute atomic E-state index is 0.0371. The summed E-state index contributed by atoms with van der Waals surface area (Å²) in [5.41, 5.74) is 8.06. The number of piperidine rings is 1. The maximum atomic E-state index is 9.83. The molecular weight excluding hydrogens is 375 g/mol. The van der Waals surface area contributed by atoms with E-state index in [4.69, 9.17) is 28.9 Å². The average molecular weight is 397 g/mol. The Labute approximate surface area is 162 Å². The van der Waals surface area contributed by atoms with Gasteiger partial charge in [-0.25, -0.2) is 9.97 Å². The monoisotopic (exact) mass is 396 g/mol. The molecule has 1 aromatic carbocycles. The Hall–Kier alpha value is -1.44. The third-order valence-electron chi connectivity index (χ3n) is 4.85. The highest BCUT2D eigenvalue weighted by Gasteiger charge is 2.31. The zero-order valence-corrected chi connectivity index (χ0v) is 16.1.